The zero-order valence-corrected chi connectivity index (χ0v) is 17.1. The first-order valence-electron chi connectivity index (χ1n) is 9.23. The number of carbonyl (C=O) groups is 1. The number of carbonyl (C=O) groups excluding carboxylic acids is 1. The molecule has 2 aromatic rings. The summed E-state index contributed by atoms with van der Waals surface area (Å²) in [4.78, 5) is 27.4. The maximum atomic E-state index is 12.4. The Bertz CT molecular complexity index is 913. The van der Waals surface area contributed by atoms with Gasteiger partial charge in [-0.3, -0.25) is 19.8 Å². The maximum Gasteiger partial charge on any atom is 0.296 e. The van der Waals surface area contributed by atoms with Gasteiger partial charge >= 0.3 is 0 Å². The van der Waals surface area contributed by atoms with Crippen LogP contribution in [-0.2, 0) is 4.79 Å². The zero-order valence-electron chi connectivity index (χ0n) is 16.4. The highest BCUT2D eigenvalue weighted by atomic mass is 35.5. The third-order valence-electron chi connectivity index (χ3n) is 4.93. The van der Waals surface area contributed by atoms with Gasteiger partial charge in [-0.1, -0.05) is 17.7 Å². The predicted octanol–water partition coefficient (Wildman–Crippen LogP) is 3.33. The van der Waals surface area contributed by atoms with E-state index in [0.29, 0.717) is 23.9 Å². The molecule has 1 heterocycles. The number of anilines is 2. The number of methoxy groups -OCH3 is 1. The summed E-state index contributed by atoms with van der Waals surface area (Å²) in [7, 11) is 1.43. The number of hydrogen-bond donors (Lipinski definition) is 1. The highest BCUT2D eigenvalue weighted by Gasteiger charge is 2.22. The number of benzene rings is 2. The Morgan fingerprint density at radius 1 is 1.21 bits per heavy atom. The summed E-state index contributed by atoms with van der Waals surface area (Å²) in [5, 5.41) is 14.6. The largest absolute Gasteiger partial charge is 0.496 e. The molecule has 0 radical (unpaired) electrons. The molecule has 1 aliphatic rings. The lowest BCUT2D eigenvalue weighted by molar-refractivity contribution is -0.384. The van der Waals surface area contributed by atoms with Crippen molar-refractivity contribution in [3.05, 3.63) is 57.1 Å². The summed E-state index contributed by atoms with van der Waals surface area (Å²) in [6.45, 7) is 5.20. The van der Waals surface area contributed by atoms with Crippen molar-refractivity contribution >= 4 is 34.6 Å². The summed E-state index contributed by atoms with van der Waals surface area (Å²) in [6, 6.07) is 10.2. The van der Waals surface area contributed by atoms with Crippen molar-refractivity contribution in [3.8, 4) is 5.75 Å². The van der Waals surface area contributed by atoms with Crippen LogP contribution in [0.15, 0.2) is 36.4 Å². The number of piperazine rings is 1. The molecule has 0 unspecified atom stereocenters. The van der Waals surface area contributed by atoms with E-state index in [1.165, 1.54) is 19.2 Å². The Morgan fingerprint density at radius 2 is 1.93 bits per heavy atom. The molecule has 0 aliphatic carbocycles. The third-order valence-corrected chi connectivity index (χ3v) is 5.16. The van der Waals surface area contributed by atoms with E-state index in [1.54, 1.807) is 6.07 Å². The number of nitro groups is 1. The van der Waals surface area contributed by atoms with Crippen LogP contribution < -0.4 is 15.0 Å². The Kier molecular flexibility index (Phi) is 6.56. The van der Waals surface area contributed by atoms with Crippen LogP contribution in [0.4, 0.5) is 17.1 Å². The first-order chi connectivity index (χ1) is 13.9. The molecule has 0 saturated carbocycles. The van der Waals surface area contributed by atoms with Gasteiger partial charge in [0.25, 0.3) is 5.69 Å². The van der Waals surface area contributed by atoms with E-state index in [4.69, 9.17) is 16.3 Å². The average Bonchev–Trinajstić information content (AvgIpc) is 2.70. The van der Waals surface area contributed by atoms with E-state index in [0.717, 1.165) is 24.3 Å². The van der Waals surface area contributed by atoms with Crippen molar-refractivity contribution < 1.29 is 14.5 Å². The number of nitrogens with zero attached hydrogens (tertiary/aromatic N) is 3. The highest BCUT2D eigenvalue weighted by molar-refractivity contribution is 6.30. The van der Waals surface area contributed by atoms with Crippen LogP contribution in [0.1, 0.15) is 5.56 Å². The van der Waals surface area contributed by atoms with E-state index in [2.05, 4.69) is 10.2 Å². The predicted molar refractivity (Wildman–Crippen MR) is 113 cm³/mol. The Hall–Kier alpha value is -2.84. The van der Waals surface area contributed by atoms with E-state index in [1.807, 2.05) is 30.0 Å². The number of amides is 1. The molecular weight excluding hydrogens is 396 g/mol. The number of ether oxygens (including phenoxy) is 1. The van der Waals surface area contributed by atoms with Crippen molar-refractivity contribution in [2.45, 2.75) is 6.92 Å². The fourth-order valence-electron chi connectivity index (χ4n) is 3.36. The molecule has 1 fully saturated rings. The first-order valence-corrected chi connectivity index (χ1v) is 9.61. The van der Waals surface area contributed by atoms with Gasteiger partial charge in [0.1, 0.15) is 11.4 Å². The Balaban J connectivity index is 1.58. The van der Waals surface area contributed by atoms with Gasteiger partial charge in [0.2, 0.25) is 5.91 Å². The second-order valence-corrected chi connectivity index (χ2v) is 7.32. The van der Waals surface area contributed by atoms with Crippen molar-refractivity contribution in [1.82, 2.24) is 4.90 Å². The molecule has 1 N–H and O–H groups in total. The van der Waals surface area contributed by atoms with Crippen LogP contribution in [-0.4, -0.2) is 55.6 Å². The molecule has 29 heavy (non-hydrogen) atoms. The molecule has 1 amide bonds. The van der Waals surface area contributed by atoms with Gasteiger partial charge in [0.15, 0.2) is 0 Å². The van der Waals surface area contributed by atoms with E-state index >= 15 is 0 Å². The minimum Gasteiger partial charge on any atom is -0.496 e. The fourth-order valence-corrected chi connectivity index (χ4v) is 3.52. The minimum atomic E-state index is -0.537. The highest BCUT2D eigenvalue weighted by Crippen LogP contribution is 2.29. The monoisotopic (exact) mass is 418 g/mol. The molecule has 0 spiro atoms. The SMILES string of the molecule is COc1ccc(NC(=O)CN2CCN(c3cc(Cl)ccc3C)CC2)c([N+](=O)[O-])c1. The van der Waals surface area contributed by atoms with Gasteiger partial charge in [0, 0.05) is 36.9 Å². The quantitative estimate of drug-likeness (QED) is 0.572. The van der Waals surface area contributed by atoms with Crippen LogP contribution in [0, 0.1) is 17.0 Å². The normalized spacial score (nSPS) is 14.5. The number of nitro benzene ring substituents is 1. The van der Waals surface area contributed by atoms with Gasteiger partial charge in [-0.15, -0.1) is 0 Å². The summed E-state index contributed by atoms with van der Waals surface area (Å²) in [5.74, 6) is 0.0767. The number of aryl methyl sites for hydroxylation is 1. The second kappa shape index (κ2) is 9.11. The van der Waals surface area contributed by atoms with Crippen LogP contribution in [0.2, 0.25) is 5.02 Å². The number of halogens is 1. The molecule has 0 bridgehead atoms. The molecule has 9 heteroatoms. The smallest absolute Gasteiger partial charge is 0.296 e. The molecule has 1 saturated heterocycles. The van der Waals surface area contributed by atoms with Gasteiger partial charge in [-0.2, -0.15) is 0 Å². The topological polar surface area (TPSA) is 88.0 Å². The van der Waals surface area contributed by atoms with Gasteiger partial charge in [0.05, 0.1) is 24.6 Å². The number of nitrogens with one attached hydrogen (secondary N) is 1. The Labute approximate surface area is 174 Å². The van der Waals surface area contributed by atoms with Crippen molar-refractivity contribution in [1.29, 1.82) is 0 Å². The average molecular weight is 419 g/mol. The summed E-state index contributed by atoms with van der Waals surface area (Å²) in [6.07, 6.45) is 0. The van der Waals surface area contributed by atoms with Gasteiger partial charge < -0.3 is 15.0 Å². The lowest BCUT2D eigenvalue weighted by atomic mass is 10.1. The summed E-state index contributed by atoms with van der Waals surface area (Å²) >= 11 is 6.12. The molecule has 0 aromatic heterocycles. The van der Waals surface area contributed by atoms with Crippen molar-refractivity contribution in [3.63, 3.8) is 0 Å². The van der Waals surface area contributed by atoms with Gasteiger partial charge in [-0.05, 0) is 36.8 Å². The Morgan fingerprint density at radius 3 is 2.59 bits per heavy atom. The van der Waals surface area contributed by atoms with Crippen LogP contribution in [0.3, 0.4) is 0 Å². The third kappa shape index (κ3) is 5.16. The zero-order chi connectivity index (χ0) is 21.0. The molecule has 8 nitrogen and oxygen atoms in total. The first kappa shape index (κ1) is 20.9. The van der Waals surface area contributed by atoms with Crippen LogP contribution in [0.5, 0.6) is 5.75 Å². The molecule has 154 valence electrons. The van der Waals surface area contributed by atoms with Gasteiger partial charge in [-0.25, -0.2) is 0 Å². The van der Waals surface area contributed by atoms with Crippen molar-refractivity contribution in [2.24, 2.45) is 0 Å². The molecule has 1 aliphatic heterocycles. The van der Waals surface area contributed by atoms with Crippen LogP contribution in [0.25, 0.3) is 0 Å². The fraction of sp³-hybridized carbons (Fsp3) is 0.350. The number of hydrogen-bond acceptors (Lipinski definition) is 6. The van der Waals surface area contributed by atoms with E-state index < -0.39 is 4.92 Å². The lowest BCUT2D eigenvalue weighted by Crippen LogP contribution is -2.48. The number of rotatable bonds is 6. The maximum absolute atomic E-state index is 12.4. The minimum absolute atomic E-state index is 0.161. The van der Waals surface area contributed by atoms with E-state index in [-0.39, 0.29) is 23.8 Å². The molecule has 3 rings (SSSR count). The molecule has 0 atom stereocenters. The summed E-state index contributed by atoms with van der Waals surface area (Å²) in [5.41, 5.74) is 2.23. The second-order valence-electron chi connectivity index (χ2n) is 6.88. The lowest BCUT2D eigenvalue weighted by Gasteiger charge is -2.36. The van der Waals surface area contributed by atoms with Crippen molar-refractivity contribution in [2.75, 3.05) is 50.1 Å². The summed E-state index contributed by atoms with van der Waals surface area (Å²) < 4.78 is 5.01. The van der Waals surface area contributed by atoms with E-state index in [9.17, 15) is 14.9 Å². The standard InChI is InChI=1S/C20H23ClN4O4/c1-14-3-4-15(21)11-18(14)24-9-7-23(8-10-24)13-20(26)22-17-6-5-16(29-2)12-19(17)25(27)28/h3-6,11-12H,7-10,13H2,1-2H3,(H,22,26). The molecule has 2 aromatic carbocycles. The van der Waals surface area contributed by atoms with Crippen LogP contribution >= 0.6 is 11.6 Å². The molecular formula is C20H23ClN4O4.